The minimum absolute atomic E-state index is 0.0185. The van der Waals surface area contributed by atoms with E-state index in [-0.39, 0.29) is 36.0 Å². The van der Waals surface area contributed by atoms with Crippen molar-refractivity contribution >= 4 is 38.6 Å². The molecule has 6 rings (SSSR count). The number of ether oxygens (including phenoxy) is 2. The number of hydrogen-bond donors (Lipinski definition) is 0. The summed E-state index contributed by atoms with van der Waals surface area (Å²) in [5.74, 6) is 1.35. The van der Waals surface area contributed by atoms with Gasteiger partial charge in [0.05, 0.1) is 11.8 Å². The van der Waals surface area contributed by atoms with Gasteiger partial charge in [0, 0.05) is 4.47 Å². The fourth-order valence-electron chi connectivity index (χ4n) is 6.67. The zero-order valence-electron chi connectivity index (χ0n) is 19.6. The Morgan fingerprint density at radius 2 is 1.64 bits per heavy atom. The highest BCUT2D eigenvalue weighted by atomic mass is 79.9. The maximum Gasteiger partial charge on any atom is 0.310 e. The summed E-state index contributed by atoms with van der Waals surface area (Å²) in [4.78, 5) is 25.7. The van der Waals surface area contributed by atoms with Crippen molar-refractivity contribution < 1.29 is 19.1 Å². The summed E-state index contributed by atoms with van der Waals surface area (Å²) in [6, 6.07) is 12.4. The fourth-order valence-corrected chi connectivity index (χ4v) is 7.29. The van der Waals surface area contributed by atoms with Crippen molar-refractivity contribution in [2.75, 3.05) is 0 Å². The van der Waals surface area contributed by atoms with E-state index in [4.69, 9.17) is 9.47 Å². The average Bonchev–Trinajstić information content (AvgIpc) is 2.79. The summed E-state index contributed by atoms with van der Waals surface area (Å²) in [7, 11) is 0. The number of benzene rings is 2. The van der Waals surface area contributed by atoms with Gasteiger partial charge in [0.1, 0.15) is 12.2 Å². The topological polar surface area (TPSA) is 52.6 Å². The van der Waals surface area contributed by atoms with Gasteiger partial charge in [-0.15, -0.1) is 0 Å². The van der Waals surface area contributed by atoms with E-state index in [2.05, 4.69) is 40.2 Å². The fraction of sp³-hybridized carbons (Fsp3) is 0.571. The molecule has 0 saturated heterocycles. The van der Waals surface area contributed by atoms with Crippen LogP contribution in [0.2, 0.25) is 0 Å². The summed E-state index contributed by atoms with van der Waals surface area (Å²) >= 11 is 3.67. The Labute approximate surface area is 204 Å². The molecule has 2 unspecified atom stereocenters. The SMILES string of the molecule is CCC(C)C(=O)OC1C2CC3CC1CC(C2)C3C(=O)OC(C)c1cc(Br)c2ccccc2c1. The van der Waals surface area contributed by atoms with Crippen LogP contribution in [0.5, 0.6) is 0 Å². The lowest BCUT2D eigenvalue weighted by atomic mass is 9.50. The normalized spacial score (nSPS) is 31.9. The molecular weight excluding hydrogens is 480 g/mol. The van der Waals surface area contributed by atoms with Crippen molar-refractivity contribution in [3.05, 3.63) is 46.4 Å². The third kappa shape index (κ3) is 4.22. The molecule has 0 radical (unpaired) electrons. The lowest BCUT2D eigenvalue weighted by molar-refractivity contribution is -0.191. The van der Waals surface area contributed by atoms with Crippen LogP contribution in [0.15, 0.2) is 40.9 Å². The highest BCUT2D eigenvalue weighted by molar-refractivity contribution is 9.10. The summed E-state index contributed by atoms with van der Waals surface area (Å²) in [5.41, 5.74) is 1.01. The number of halogens is 1. The Hall–Kier alpha value is -1.88. The van der Waals surface area contributed by atoms with Crippen LogP contribution in [0.1, 0.15) is 64.5 Å². The quantitative estimate of drug-likeness (QED) is 0.397. The molecule has 0 amide bonds. The monoisotopic (exact) mass is 512 g/mol. The van der Waals surface area contributed by atoms with E-state index in [1.165, 1.54) is 0 Å². The third-order valence-corrected chi connectivity index (χ3v) is 9.16. The van der Waals surface area contributed by atoms with Crippen LogP contribution < -0.4 is 0 Å². The van der Waals surface area contributed by atoms with E-state index in [9.17, 15) is 9.59 Å². The van der Waals surface area contributed by atoms with Gasteiger partial charge in [-0.1, -0.05) is 54.0 Å². The van der Waals surface area contributed by atoms with Crippen molar-refractivity contribution in [1.82, 2.24) is 0 Å². The number of hydrogen-bond acceptors (Lipinski definition) is 4. The van der Waals surface area contributed by atoms with Crippen LogP contribution in [0, 0.1) is 35.5 Å². The first kappa shape index (κ1) is 22.9. The van der Waals surface area contributed by atoms with Crippen LogP contribution in [0.25, 0.3) is 10.8 Å². The number of carbonyl (C=O) groups excluding carboxylic acids is 2. The highest BCUT2D eigenvalue weighted by Crippen LogP contribution is 2.58. The van der Waals surface area contributed by atoms with Crippen molar-refractivity contribution in [2.24, 2.45) is 35.5 Å². The average molecular weight is 513 g/mol. The molecule has 176 valence electrons. The maximum absolute atomic E-state index is 13.3. The van der Waals surface area contributed by atoms with Crippen LogP contribution >= 0.6 is 15.9 Å². The summed E-state index contributed by atoms with van der Waals surface area (Å²) < 4.78 is 13.1. The van der Waals surface area contributed by atoms with Gasteiger partial charge in [0.25, 0.3) is 0 Å². The number of esters is 2. The minimum Gasteiger partial charge on any atom is -0.462 e. The van der Waals surface area contributed by atoms with E-state index >= 15 is 0 Å². The Morgan fingerprint density at radius 3 is 2.27 bits per heavy atom. The molecule has 2 aromatic carbocycles. The lowest BCUT2D eigenvalue weighted by Crippen LogP contribution is -2.56. The number of rotatable bonds is 6. The van der Waals surface area contributed by atoms with Crippen molar-refractivity contribution in [3.8, 4) is 0 Å². The summed E-state index contributed by atoms with van der Waals surface area (Å²) in [5, 5.41) is 2.29. The van der Waals surface area contributed by atoms with E-state index in [0.717, 1.165) is 52.9 Å². The largest absolute Gasteiger partial charge is 0.462 e. The Balaban J connectivity index is 1.25. The van der Waals surface area contributed by atoms with Gasteiger partial charge in [-0.05, 0) is 91.2 Å². The van der Waals surface area contributed by atoms with E-state index in [1.54, 1.807) is 0 Å². The molecule has 2 atom stereocenters. The van der Waals surface area contributed by atoms with Gasteiger partial charge in [-0.25, -0.2) is 0 Å². The molecule has 4 nitrogen and oxygen atoms in total. The van der Waals surface area contributed by atoms with Crippen molar-refractivity contribution in [2.45, 2.75) is 65.1 Å². The Bertz CT molecular complexity index is 1030. The molecule has 4 aliphatic rings. The molecule has 2 aromatic rings. The maximum atomic E-state index is 13.3. The zero-order chi connectivity index (χ0) is 23.3. The zero-order valence-corrected chi connectivity index (χ0v) is 21.2. The molecular formula is C28H33BrO4. The summed E-state index contributed by atoms with van der Waals surface area (Å²) in [6.45, 7) is 5.94. The standard InChI is InChI=1S/C28H33BrO4/c1-4-15(2)27(30)33-26-21-10-19-11-22(26)13-20(12-21)25(19)28(31)32-16(3)18-9-17-7-5-6-8-23(17)24(29)14-18/h5-9,14-16,19-22,25-26H,4,10-13H2,1-3H3. The van der Waals surface area contributed by atoms with Gasteiger partial charge in [0.2, 0.25) is 0 Å². The molecule has 0 spiro atoms. The molecule has 0 aromatic heterocycles. The van der Waals surface area contributed by atoms with Crippen molar-refractivity contribution in [1.29, 1.82) is 0 Å². The van der Waals surface area contributed by atoms with Gasteiger partial charge in [0.15, 0.2) is 0 Å². The van der Waals surface area contributed by atoms with E-state index in [0.29, 0.717) is 23.7 Å². The summed E-state index contributed by atoms with van der Waals surface area (Å²) in [6.07, 6.45) is 4.46. The first-order valence-electron chi connectivity index (χ1n) is 12.4. The van der Waals surface area contributed by atoms with Crippen LogP contribution in [0.3, 0.4) is 0 Å². The highest BCUT2D eigenvalue weighted by Gasteiger charge is 2.57. The van der Waals surface area contributed by atoms with Crippen LogP contribution in [0.4, 0.5) is 0 Å². The minimum atomic E-state index is -0.292. The van der Waals surface area contributed by atoms with Gasteiger partial charge in [-0.3, -0.25) is 9.59 Å². The predicted molar refractivity (Wildman–Crippen MR) is 131 cm³/mol. The molecule has 33 heavy (non-hydrogen) atoms. The second kappa shape index (κ2) is 9.05. The molecule has 0 heterocycles. The van der Waals surface area contributed by atoms with Crippen LogP contribution in [-0.2, 0) is 19.1 Å². The van der Waals surface area contributed by atoms with E-state index in [1.807, 2.05) is 32.9 Å². The van der Waals surface area contributed by atoms with E-state index < -0.39 is 0 Å². The smallest absolute Gasteiger partial charge is 0.310 e. The van der Waals surface area contributed by atoms with Gasteiger partial charge in [-0.2, -0.15) is 0 Å². The molecule has 4 saturated carbocycles. The molecule has 0 aliphatic heterocycles. The lowest BCUT2D eigenvalue weighted by Gasteiger charge is -2.56. The van der Waals surface area contributed by atoms with Crippen molar-refractivity contribution in [3.63, 3.8) is 0 Å². The molecule has 4 aliphatic carbocycles. The van der Waals surface area contributed by atoms with Crippen LogP contribution in [-0.4, -0.2) is 18.0 Å². The molecule has 0 N–H and O–H groups in total. The Kier molecular flexibility index (Phi) is 6.28. The van der Waals surface area contributed by atoms with Gasteiger partial charge >= 0.3 is 11.9 Å². The molecule has 5 heteroatoms. The second-order valence-electron chi connectivity index (χ2n) is 10.5. The molecule has 4 fully saturated rings. The first-order chi connectivity index (χ1) is 15.9. The molecule has 4 bridgehead atoms. The van der Waals surface area contributed by atoms with Gasteiger partial charge < -0.3 is 9.47 Å². The first-order valence-corrected chi connectivity index (χ1v) is 13.2. The number of fused-ring (bicyclic) bond motifs is 1. The third-order valence-electron chi connectivity index (χ3n) is 8.50. The predicted octanol–water partition coefficient (Wildman–Crippen LogP) is 6.85. The number of carbonyl (C=O) groups is 2. The second-order valence-corrected chi connectivity index (χ2v) is 11.4. The Morgan fingerprint density at radius 1 is 1.00 bits per heavy atom.